The summed E-state index contributed by atoms with van der Waals surface area (Å²) in [6.07, 6.45) is 4.97. The average molecular weight is 489 g/mol. The van der Waals surface area contributed by atoms with Gasteiger partial charge in [-0.25, -0.2) is 9.48 Å². The van der Waals surface area contributed by atoms with E-state index in [1.165, 1.54) is 16.6 Å². The number of aromatic nitrogens is 4. The topological polar surface area (TPSA) is 128 Å². The number of para-hydroxylation sites is 1. The number of methoxy groups -OCH3 is 1. The normalized spacial score (nSPS) is 10.8. The van der Waals surface area contributed by atoms with Gasteiger partial charge in [-0.05, 0) is 42.8 Å². The number of carbonyl (C=O) groups is 1. The number of hydrogen-bond acceptors (Lipinski definition) is 6. The van der Waals surface area contributed by atoms with Gasteiger partial charge in [-0.2, -0.15) is 5.10 Å². The lowest BCUT2D eigenvalue weighted by Crippen LogP contribution is -2.41. The molecule has 1 amide bonds. The minimum atomic E-state index is -0.735. The first-order valence-electron chi connectivity index (χ1n) is 11.6. The Morgan fingerprint density at radius 3 is 2.53 bits per heavy atom. The van der Waals surface area contributed by atoms with Crippen LogP contribution in [0.4, 0.5) is 11.5 Å². The van der Waals surface area contributed by atoms with Crippen LogP contribution < -0.4 is 26.6 Å². The van der Waals surface area contributed by atoms with Crippen molar-refractivity contribution >= 4 is 17.4 Å². The molecule has 0 bridgehead atoms. The number of unbranched alkanes of at least 4 members (excludes halogenated alkanes) is 1. The van der Waals surface area contributed by atoms with E-state index in [0.717, 1.165) is 12.1 Å². The number of amides is 1. The molecule has 0 saturated heterocycles. The molecule has 0 aliphatic rings. The van der Waals surface area contributed by atoms with E-state index < -0.39 is 17.2 Å². The Hall–Kier alpha value is -4.60. The first-order chi connectivity index (χ1) is 17.4. The van der Waals surface area contributed by atoms with Gasteiger partial charge in [-0.1, -0.05) is 31.5 Å². The van der Waals surface area contributed by atoms with E-state index >= 15 is 0 Å². The SMILES string of the molecule is CCCCn1c(N)c(N(Cc2ccccc2OC)C(=O)c2ccc(-n3cccn3)cc2)c(=O)[nH]c1=O. The highest BCUT2D eigenvalue weighted by Gasteiger charge is 2.26. The van der Waals surface area contributed by atoms with Crippen molar-refractivity contribution in [3.63, 3.8) is 0 Å². The van der Waals surface area contributed by atoms with Crippen molar-refractivity contribution < 1.29 is 9.53 Å². The Morgan fingerprint density at radius 1 is 1.11 bits per heavy atom. The lowest BCUT2D eigenvalue weighted by atomic mass is 10.1. The molecule has 4 aromatic rings. The van der Waals surface area contributed by atoms with Crippen LogP contribution in [0.3, 0.4) is 0 Å². The van der Waals surface area contributed by atoms with Crippen molar-refractivity contribution in [3.8, 4) is 11.4 Å². The summed E-state index contributed by atoms with van der Waals surface area (Å²) < 4.78 is 8.43. The van der Waals surface area contributed by atoms with Crippen LogP contribution in [0.1, 0.15) is 35.7 Å². The molecule has 2 heterocycles. The standard InChI is InChI=1S/C26H28N6O4/c1-3-4-15-30-23(27)22(24(33)29-26(30)35)31(17-19-8-5-6-9-21(19)36-2)25(34)18-10-12-20(13-11-18)32-16-7-14-28-32/h5-14,16H,3-4,15,17,27H2,1-2H3,(H,29,33,35). The second kappa shape index (κ2) is 10.8. The number of H-pyrrole nitrogens is 1. The van der Waals surface area contributed by atoms with Crippen LogP contribution >= 0.6 is 0 Å². The molecule has 3 N–H and O–H groups in total. The predicted octanol–water partition coefficient (Wildman–Crippen LogP) is 2.96. The minimum absolute atomic E-state index is 0.00299. The Bertz CT molecular complexity index is 1460. The molecule has 10 nitrogen and oxygen atoms in total. The molecule has 0 aliphatic carbocycles. The van der Waals surface area contributed by atoms with Gasteiger partial charge in [0.1, 0.15) is 11.6 Å². The summed E-state index contributed by atoms with van der Waals surface area (Å²) in [7, 11) is 1.53. The summed E-state index contributed by atoms with van der Waals surface area (Å²) in [6, 6.07) is 15.8. The molecular weight excluding hydrogens is 460 g/mol. The second-order valence-electron chi connectivity index (χ2n) is 8.20. The Labute approximate surface area is 207 Å². The minimum Gasteiger partial charge on any atom is -0.496 e. The number of hydrogen-bond donors (Lipinski definition) is 2. The van der Waals surface area contributed by atoms with Gasteiger partial charge in [0.2, 0.25) is 0 Å². The summed E-state index contributed by atoms with van der Waals surface area (Å²) >= 11 is 0. The van der Waals surface area contributed by atoms with Crippen LogP contribution in [0.5, 0.6) is 5.75 Å². The van der Waals surface area contributed by atoms with Gasteiger partial charge in [-0.15, -0.1) is 0 Å². The fourth-order valence-electron chi connectivity index (χ4n) is 3.97. The van der Waals surface area contributed by atoms with Gasteiger partial charge in [0.15, 0.2) is 5.69 Å². The Kier molecular flexibility index (Phi) is 7.33. The van der Waals surface area contributed by atoms with E-state index in [-0.39, 0.29) is 18.1 Å². The first-order valence-corrected chi connectivity index (χ1v) is 11.6. The summed E-state index contributed by atoms with van der Waals surface area (Å²) in [4.78, 5) is 43.0. The molecule has 2 aromatic heterocycles. The Balaban J connectivity index is 1.82. The van der Waals surface area contributed by atoms with Gasteiger partial charge in [0.25, 0.3) is 11.5 Å². The van der Waals surface area contributed by atoms with E-state index in [2.05, 4.69) is 10.1 Å². The zero-order valence-corrected chi connectivity index (χ0v) is 20.2. The third-order valence-corrected chi connectivity index (χ3v) is 5.87. The number of rotatable bonds is 9. The van der Waals surface area contributed by atoms with Gasteiger partial charge in [-0.3, -0.25) is 24.0 Å². The number of anilines is 2. The number of aromatic amines is 1. The summed E-state index contributed by atoms with van der Waals surface area (Å²) in [6.45, 7) is 2.31. The molecule has 0 unspecified atom stereocenters. The van der Waals surface area contributed by atoms with Crippen molar-refractivity contribution in [2.24, 2.45) is 0 Å². The molecule has 0 saturated carbocycles. The van der Waals surface area contributed by atoms with Crippen molar-refractivity contribution in [3.05, 3.63) is 99.0 Å². The zero-order chi connectivity index (χ0) is 25.7. The number of benzene rings is 2. The highest BCUT2D eigenvalue weighted by Crippen LogP contribution is 2.26. The average Bonchev–Trinajstić information content (AvgIpc) is 3.43. The monoisotopic (exact) mass is 488 g/mol. The van der Waals surface area contributed by atoms with Crippen molar-refractivity contribution in [2.45, 2.75) is 32.9 Å². The van der Waals surface area contributed by atoms with Crippen molar-refractivity contribution in [1.82, 2.24) is 19.3 Å². The van der Waals surface area contributed by atoms with Crippen LogP contribution in [0.2, 0.25) is 0 Å². The smallest absolute Gasteiger partial charge is 0.330 e. The van der Waals surface area contributed by atoms with E-state index in [0.29, 0.717) is 29.8 Å². The van der Waals surface area contributed by atoms with Gasteiger partial charge in [0, 0.05) is 30.1 Å². The van der Waals surface area contributed by atoms with Crippen LogP contribution in [-0.4, -0.2) is 32.3 Å². The highest BCUT2D eigenvalue weighted by molar-refractivity contribution is 6.07. The number of nitrogens with two attached hydrogens (primary N) is 1. The molecule has 2 aromatic carbocycles. The third kappa shape index (κ3) is 4.92. The molecule has 10 heteroatoms. The quantitative estimate of drug-likeness (QED) is 0.373. The molecule has 186 valence electrons. The highest BCUT2D eigenvalue weighted by atomic mass is 16.5. The molecule has 4 rings (SSSR count). The van der Waals surface area contributed by atoms with E-state index in [1.54, 1.807) is 59.5 Å². The maximum absolute atomic E-state index is 13.8. The first kappa shape index (κ1) is 24.5. The van der Waals surface area contributed by atoms with E-state index in [4.69, 9.17) is 10.5 Å². The number of carbonyl (C=O) groups excluding carboxylic acids is 1. The van der Waals surface area contributed by atoms with Gasteiger partial charge >= 0.3 is 5.69 Å². The summed E-state index contributed by atoms with van der Waals surface area (Å²) in [5, 5.41) is 4.20. The number of nitrogen functional groups attached to an aromatic ring is 1. The predicted molar refractivity (Wildman–Crippen MR) is 138 cm³/mol. The van der Waals surface area contributed by atoms with Crippen molar-refractivity contribution in [2.75, 3.05) is 17.7 Å². The summed E-state index contributed by atoms with van der Waals surface area (Å²) in [5.74, 6) is 0.0399. The largest absolute Gasteiger partial charge is 0.496 e. The van der Waals surface area contributed by atoms with Gasteiger partial charge < -0.3 is 10.5 Å². The van der Waals surface area contributed by atoms with E-state index in [9.17, 15) is 14.4 Å². The van der Waals surface area contributed by atoms with Gasteiger partial charge in [0.05, 0.1) is 19.3 Å². The number of nitrogens with one attached hydrogen (secondary N) is 1. The maximum Gasteiger partial charge on any atom is 0.330 e. The molecule has 0 atom stereocenters. The zero-order valence-electron chi connectivity index (χ0n) is 20.2. The molecule has 0 fully saturated rings. The maximum atomic E-state index is 13.8. The number of nitrogens with zero attached hydrogens (tertiary/aromatic N) is 4. The molecule has 0 aliphatic heterocycles. The third-order valence-electron chi connectivity index (χ3n) is 5.87. The fourth-order valence-corrected chi connectivity index (χ4v) is 3.97. The second-order valence-corrected chi connectivity index (χ2v) is 8.20. The van der Waals surface area contributed by atoms with Crippen LogP contribution in [0.25, 0.3) is 5.69 Å². The lowest BCUT2D eigenvalue weighted by molar-refractivity contribution is 0.0984. The molecule has 0 spiro atoms. The molecule has 0 radical (unpaired) electrons. The van der Waals surface area contributed by atoms with Crippen molar-refractivity contribution in [1.29, 1.82) is 0 Å². The molecule has 36 heavy (non-hydrogen) atoms. The summed E-state index contributed by atoms with van der Waals surface area (Å²) in [5.41, 5.74) is 6.72. The van der Waals surface area contributed by atoms with Crippen LogP contribution in [0.15, 0.2) is 76.6 Å². The van der Waals surface area contributed by atoms with Crippen LogP contribution in [0, 0.1) is 0 Å². The number of ether oxygens (including phenoxy) is 1. The Morgan fingerprint density at radius 2 is 1.86 bits per heavy atom. The lowest BCUT2D eigenvalue weighted by Gasteiger charge is -2.25. The fraction of sp³-hybridized carbons (Fsp3) is 0.231. The van der Waals surface area contributed by atoms with E-state index in [1.807, 2.05) is 19.1 Å². The molecular formula is C26H28N6O4. The van der Waals surface area contributed by atoms with Crippen LogP contribution in [-0.2, 0) is 13.1 Å².